The molecule has 0 saturated heterocycles. The Morgan fingerprint density at radius 1 is 1.00 bits per heavy atom. The quantitative estimate of drug-likeness (QED) is 0.246. The van der Waals surface area contributed by atoms with Gasteiger partial charge in [0.2, 0.25) is 5.95 Å². The second kappa shape index (κ2) is 10.8. The summed E-state index contributed by atoms with van der Waals surface area (Å²) in [5.41, 5.74) is 6.12. The van der Waals surface area contributed by atoms with Crippen molar-refractivity contribution in [2.75, 3.05) is 19.5 Å². The Labute approximate surface area is 240 Å². The number of carboxylic acids is 1. The first-order valence-corrected chi connectivity index (χ1v) is 13.1. The number of methoxy groups -OCH3 is 2. The van der Waals surface area contributed by atoms with Crippen molar-refractivity contribution in [3.05, 3.63) is 107 Å². The van der Waals surface area contributed by atoms with Gasteiger partial charge in [-0.3, -0.25) is 4.99 Å². The predicted octanol–water partition coefficient (Wildman–Crippen LogP) is 6.10. The average molecular weight is 564 g/mol. The molecule has 3 aromatic carbocycles. The summed E-state index contributed by atoms with van der Waals surface area (Å²) in [6.45, 7) is 0.220. The van der Waals surface area contributed by atoms with Crippen molar-refractivity contribution in [2.24, 2.45) is 12.0 Å². The molecule has 10 heteroatoms. The van der Waals surface area contributed by atoms with Crippen LogP contribution in [-0.2, 0) is 13.6 Å². The highest BCUT2D eigenvalue weighted by molar-refractivity contribution is 6.18. The molecule has 0 radical (unpaired) electrons. The summed E-state index contributed by atoms with van der Waals surface area (Å²) in [7, 11) is 4.88. The fourth-order valence-electron chi connectivity index (χ4n) is 5.13. The number of fused-ring (bicyclic) bond motifs is 3. The molecule has 9 nitrogen and oxygen atoms in total. The smallest absolute Gasteiger partial charge is 0.339 e. The van der Waals surface area contributed by atoms with Gasteiger partial charge < -0.3 is 24.5 Å². The van der Waals surface area contributed by atoms with E-state index < -0.39 is 11.8 Å². The Bertz CT molecular complexity index is 1880. The molecule has 0 amide bonds. The zero-order chi connectivity index (χ0) is 29.4. The number of carboxylic acid groups (broad SMARTS) is 1. The van der Waals surface area contributed by atoms with Gasteiger partial charge >= 0.3 is 5.97 Å². The van der Waals surface area contributed by atoms with Crippen LogP contribution in [0.25, 0.3) is 22.5 Å². The van der Waals surface area contributed by atoms with E-state index in [1.54, 1.807) is 30.5 Å². The van der Waals surface area contributed by atoms with E-state index in [1.165, 1.54) is 26.4 Å². The minimum absolute atomic E-state index is 0.0436. The molecule has 5 aromatic rings. The molecule has 6 rings (SSSR count). The number of aromatic nitrogens is 3. The third-order valence-electron chi connectivity index (χ3n) is 7.16. The zero-order valence-electron chi connectivity index (χ0n) is 23.1. The zero-order valence-corrected chi connectivity index (χ0v) is 23.1. The van der Waals surface area contributed by atoms with Gasteiger partial charge in [-0.2, -0.15) is 0 Å². The predicted molar refractivity (Wildman–Crippen MR) is 157 cm³/mol. The Kier molecular flexibility index (Phi) is 6.87. The summed E-state index contributed by atoms with van der Waals surface area (Å²) in [6.07, 6.45) is 3.65. The number of carbonyl (C=O) groups is 1. The minimum atomic E-state index is -1.09. The van der Waals surface area contributed by atoms with E-state index in [-0.39, 0.29) is 23.4 Å². The van der Waals surface area contributed by atoms with E-state index in [1.807, 2.05) is 48.1 Å². The van der Waals surface area contributed by atoms with E-state index in [0.29, 0.717) is 34.4 Å². The van der Waals surface area contributed by atoms with Gasteiger partial charge in [-0.15, -0.1) is 0 Å². The fourth-order valence-corrected chi connectivity index (χ4v) is 5.13. The molecule has 0 spiro atoms. The van der Waals surface area contributed by atoms with Gasteiger partial charge in [0.25, 0.3) is 0 Å². The SMILES string of the molecule is COc1cc(Nc2ncc3c(n2)-c2ccc(-c4cccn4C)cc2C(c2c(F)cccc2OC)=NC3)ccc1C(=O)O. The summed E-state index contributed by atoms with van der Waals surface area (Å²) in [4.78, 5) is 25.7. The van der Waals surface area contributed by atoms with Gasteiger partial charge in [0.05, 0.1) is 37.7 Å². The maximum absolute atomic E-state index is 15.4. The van der Waals surface area contributed by atoms with E-state index in [9.17, 15) is 9.90 Å². The molecular formula is C32H26FN5O4. The fraction of sp³-hybridized carbons (Fsp3) is 0.125. The molecule has 1 aliphatic heterocycles. The van der Waals surface area contributed by atoms with Crippen molar-refractivity contribution in [3.63, 3.8) is 0 Å². The molecule has 2 N–H and O–H groups in total. The number of halogens is 1. The van der Waals surface area contributed by atoms with Crippen molar-refractivity contribution in [1.29, 1.82) is 0 Å². The lowest BCUT2D eigenvalue weighted by Crippen LogP contribution is -2.10. The summed E-state index contributed by atoms with van der Waals surface area (Å²) in [6, 6.07) is 19.3. The van der Waals surface area contributed by atoms with Crippen molar-refractivity contribution in [3.8, 4) is 34.0 Å². The molecule has 3 heterocycles. The maximum Gasteiger partial charge on any atom is 0.339 e. The van der Waals surface area contributed by atoms with Crippen molar-refractivity contribution >= 4 is 23.3 Å². The van der Waals surface area contributed by atoms with Crippen LogP contribution >= 0.6 is 0 Å². The third-order valence-corrected chi connectivity index (χ3v) is 7.16. The Balaban J connectivity index is 1.49. The molecule has 0 fully saturated rings. The van der Waals surface area contributed by atoms with E-state index in [0.717, 1.165) is 22.4 Å². The number of ether oxygens (including phenoxy) is 2. The van der Waals surface area contributed by atoms with E-state index in [2.05, 4.69) is 10.3 Å². The molecule has 2 aromatic heterocycles. The molecule has 0 aliphatic carbocycles. The lowest BCUT2D eigenvalue weighted by Gasteiger charge is -2.16. The monoisotopic (exact) mass is 563 g/mol. The van der Waals surface area contributed by atoms with Gasteiger partial charge in [-0.1, -0.05) is 18.2 Å². The van der Waals surface area contributed by atoms with Gasteiger partial charge in [-0.05, 0) is 48.0 Å². The summed E-state index contributed by atoms with van der Waals surface area (Å²) in [5, 5.41) is 12.6. The first-order chi connectivity index (χ1) is 20.4. The third kappa shape index (κ3) is 4.72. The molecule has 0 saturated carbocycles. The number of anilines is 2. The highest BCUT2D eigenvalue weighted by Crippen LogP contribution is 2.37. The highest BCUT2D eigenvalue weighted by atomic mass is 19.1. The van der Waals surface area contributed by atoms with Crippen molar-refractivity contribution < 1.29 is 23.8 Å². The topological polar surface area (TPSA) is 111 Å². The molecule has 0 bridgehead atoms. The normalized spacial score (nSPS) is 12.0. The Morgan fingerprint density at radius 3 is 2.57 bits per heavy atom. The molecule has 1 aliphatic rings. The maximum atomic E-state index is 15.4. The molecule has 0 unspecified atom stereocenters. The number of aromatic carboxylic acids is 1. The molecule has 42 heavy (non-hydrogen) atoms. The van der Waals surface area contributed by atoms with Crippen LogP contribution in [0.1, 0.15) is 27.0 Å². The number of hydrogen-bond acceptors (Lipinski definition) is 7. The van der Waals surface area contributed by atoms with Crippen LogP contribution in [0.15, 0.2) is 84.1 Å². The molecular weight excluding hydrogens is 537 g/mol. The number of hydrogen-bond donors (Lipinski definition) is 2. The number of benzene rings is 3. The van der Waals surface area contributed by atoms with Crippen LogP contribution in [-0.4, -0.2) is 45.5 Å². The van der Waals surface area contributed by atoms with Crippen LogP contribution in [0.5, 0.6) is 11.5 Å². The number of rotatable bonds is 7. The van der Waals surface area contributed by atoms with Gasteiger partial charge in [0.1, 0.15) is 22.9 Å². The van der Waals surface area contributed by atoms with Crippen molar-refractivity contribution in [1.82, 2.24) is 14.5 Å². The standard InChI is InChI=1S/C32H26FN5O4/c1-38-13-5-7-25(38)18-9-11-21-23(14-18)30(28-24(33)6-4-8-26(28)41-2)34-16-19-17-35-32(37-29(19)21)36-20-10-12-22(31(39)40)27(15-20)42-3/h4-15,17H,16H2,1-3H3,(H,39,40)(H,35,36,37). The number of aliphatic imine (C=N–C) groups is 1. The number of nitrogens with one attached hydrogen (secondary N) is 1. The van der Waals surface area contributed by atoms with E-state index >= 15 is 4.39 Å². The lowest BCUT2D eigenvalue weighted by molar-refractivity contribution is 0.0693. The van der Waals surface area contributed by atoms with Gasteiger partial charge in [0, 0.05) is 53.6 Å². The summed E-state index contributed by atoms with van der Waals surface area (Å²) < 4.78 is 28.2. The summed E-state index contributed by atoms with van der Waals surface area (Å²) in [5.74, 6) is -0.655. The Hall–Kier alpha value is -5.51. The second-order valence-electron chi connectivity index (χ2n) is 9.66. The minimum Gasteiger partial charge on any atom is -0.496 e. The number of aryl methyl sites for hydroxylation is 1. The summed E-state index contributed by atoms with van der Waals surface area (Å²) >= 11 is 0. The largest absolute Gasteiger partial charge is 0.496 e. The first-order valence-electron chi connectivity index (χ1n) is 13.1. The van der Waals surface area contributed by atoms with Gasteiger partial charge in [-0.25, -0.2) is 19.2 Å². The van der Waals surface area contributed by atoms with Crippen LogP contribution in [0.4, 0.5) is 16.0 Å². The van der Waals surface area contributed by atoms with E-state index in [4.69, 9.17) is 19.5 Å². The lowest BCUT2D eigenvalue weighted by atomic mass is 9.92. The second-order valence-corrected chi connectivity index (χ2v) is 9.66. The van der Waals surface area contributed by atoms with Crippen LogP contribution in [0, 0.1) is 5.82 Å². The van der Waals surface area contributed by atoms with Gasteiger partial charge in [0.15, 0.2) is 0 Å². The first kappa shape index (κ1) is 26.7. The number of nitrogens with zero attached hydrogens (tertiary/aromatic N) is 4. The average Bonchev–Trinajstić information content (AvgIpc) is 3.36. The van der Waals surface area contributed by atoms with Crippen LogP contribution < -0.4 is 14.8 Å². The van der Waals surface area contributed by atoms with Crippen LogP contribution in [0.2, 0.25) is 0 Å². The van der Waals surface area contributed by atoms with Crippen molar-refractivity contribution in [2.45, 2.75) is 6.54 Å². The highest BCUT2D eigenvalue weighted by Gasteiger charge is 2.26. The molecule has 0 atom stereocenters. The van der Waals surface area contributed by atoms with Crippen LogP contribution in [0.3, 0.4) is 0 Å². The molecule has 210 valence electrons. The Morgan fingerprint density at radius 2 is 1.83 bits per heavy atom.